The second-order valence-electron chi connectivity index (χ2n) is 20.2. The largest absolute Gasteiger partial charge is 0.462 e. The summed E-state index contributed by atoms with van der Waals surface area (Å²) < 4.78 is 44.7. The van der Waals surface area contributed by atoms with E-state index in [4.69, 9.17) is 45.3 Å². The molecule has 0 aliphatic carbocycles. The highest BCUT2D eigenvalue weighted by Gasteiger charge is 2.54. The fourth-order valence-corrected chi connectivity index (χ4v) is 14.6. The fraction of sp³-hybridized carbons (Fsp3) is 0.564. The van der Waals surface area contributed by atoms with Gasteiger partial charge in [0, 0.05) is 71.6 Å². The smallest absolute Gasteiger partial charge is 0.351 e. The van der Waals surface area contributed by atoms with Crippen LogP contribution in [0.5, 0.6) is 0 Å². The zero-order valence-electron chi connectivity index (χ0n) is 48.8. The maximum Gasteiger partial charge on any atom is 0.351 e. The number of carbonyl (C=O) groups excluding carboxylic acids is 4. The molecule has 0 saturated carbocycles. The molecule has 7 heterocycles. The van der Waals surface area contributed by atoms with Crippen LogP contribution >= 0.6 is 0 Å². The molecule has 0 aromatic carbocycles. The van der Waals surface area contributed by atoms with E-state index >= 15 is 0 Å². The summed E-state index contributed by atoms with van der Waals surface area (Å²) in [4.78, 5) is 109. The number of anilines is 1. The SMILES string of the molecule is C#C[C@]1(CO)O[C@@H](n2ccc(N)nc2=O)C[C@H]1O.CC[Si](C#C[C@]1(COC(C)=O)O[C@@H](n2ccc(-n3cncn3)nc2=O)C[C@H]1OC(C)=O)(CC)CC.CC[Si](C#C[C@]1(COC(C)=O)O[C@@H](n2ccc(=O)[nH]c2=O)C[C@H]1OC(C)=O)(CC)CC. The van der Waals surface area contributed by atoms with Crippen molar-refractivity contribution >= 4 is 45.8 Å². The van der Waals surface area contributed by atoms with Crippen molar-refractivity contribution in [2.45, 2.75) is 179 Å². The van der Waals surface area contributed by atoms with Gasteiger partial charge in [0.1, 0.15) is 84.8 Å². The highest BCUT2D eigenvalue weighted by molar-refractivity contribution is 6.87. The number of aliphatic hydroxyl groups excluding tert-OH is 2. The van der Waals surface area contributed by atoms with Gasteiger partial charge in [0.15, 0.2) is 11.4 Å². The Kier molecular flexibility index (Phi) is 23.2. The normalized spacial score (nSPS) is 24.2. The Morgan fingerprint density at radius 2 is 1.14 bits per heavy atom. The Balaban J connectivity index is 0.000000242. The van der Waals surface area contributed by atoms with Crippen LogP contribution in [0.4, 0.5) is 5.82 Å². The van der Waals surface area contributed by atoms with Gasteiger partial charge in [-0.2, -0.15) is 15.1 Å². The van der Waals surface area contributed by atoms with Gasteiger partial charge in [-0.1, -0.05) is 59.3 Å². The summed E-state index contributed by atoms with van der Waals surface area (Å²) in [6, 6.07) is 9.91. The van der Waals surface area contributed by atoms with Crippen molar-refractivity contribution in [1.29, 1.82) is 0 Å². The predicted molar refractivity (Wildman–Crippen MR) is 306 cm³/mol. The number of esters is 4. The molecule has 7 rings (SSSR count). The molecule has 3 aliphatic rings. The van der Waals surface area contributed by atoms with Crippen LogP contribution in [0.2, 0.25) is 36.3 Å². The van der Waals surface area contributed by atoms with Crippen molar-refractivity contribution < 1.29 is 62.5 Å². The number of aliphatic hydroxyl groups is 2. The van der Waals surface area contributed by atoms with E-state index in [9.17, 15) is 48.6 Å². The monoisotopic (exact) mass is 1200 g/mol. The summed E-state index contributed by atoms with van der Waals surface area (Å²) in [7, 11) is -3.84. The number of ether oxygens (including phenoxy) is 7. The van der Waals surface area contributed by atoms with E-state index in [-0.39, 0.29) is 38.3 Å². The molecule has 0 amide bonds. The third-order valence-electron chi connectivity index (χ3n) is 15.2. The number of hydrogen-bond donors (Lipinski definition) is 4. The lowest BCUT2D eigenvalue weighted by Crippen LogP contribution is -2.46. The Morgan fingerprint density at radius 3 is 1.54 bits per heavy atom. The van der Waals surface area contributed by atoms with Gasteiger partial charge in [-0.05, 0) is 48.4 Å². The van der Waals surface area contributed by atoms with Crippen LogP contribution in [-0.4, -0.2) is 149 Å². The molecule has 84 heavy (non-hydrogen) atoms. The van der Waals surface area contributed by atoms with E-state index in [1.807, 2.05) is 0 Å². The highest BCUT2D eigenvalue weighted by Crippen LogP contribution is 2.41. The summed E-state index contributed by atoms with van der Waals surface area (Å²) in [6.07, 6.45) is 7.38. The van der Waals surface area contributed by atoms with Crippen molar-refractivity contribution in [1.82, 2.24) is 43.4 Å². The van der Waals surface area contributed by atoms with Gasteiger partial charge in [-0.3, -0.25) is 42.7 Å². The molecule has 0 radical (unpaired) electrons. The van der Waals surface area contributed by atoms with Crippen LogP contribution in [0.25, 0.3) is 5.82 Å². The molecular weight excluding hydrogens is 1130 g/mol. The summed E-state index contributed by atoms with van der Waals surface area (Å²) in [5, 5.41) is 23.0. The zero-order valence-corrected chi connectivity index (χ0v) is 50.8. The molecular formula is C55H74N10O17Si2. The zero-order chi connectivity index (χ0) is 62.2. The molecule has 27 nitrogen and oxygen atoms in total. The van der Waals surface area contributed by atoms with Crippen molar-refractivity contribution in [3.63, 3.8) is 0 Å². The predicted octanol–water partition coefficient (Wildman–Crippen LogP) is 2.24. The Labute approximate surface area is 486 Å². The molecule has 5 N–H and O–H groups in total. The van der Waals surface area contributed by atoms with Gasteiger partial charge >= 0.3 is 40.9 Å². The van der Waals surface area contributed by atoms with Crippen LogP contribution in [0, 0.1) is 35.3 Å². The van der Waals surface area contributed by atoms with E-state index in [1.54, 1.807) is 6.07 Å². The van der Waals surface area contributed by atoms with E-state index in [0.29, 0.717) is 5.82 Å². The number of carbonyl (C=O) groups is 4. The molecule has 454 valence electrons. The van der Waals surface area contributed by atoms with Crippen molar-refractivity contribution in [3.8, 4) is 41.1 Å². The average Bonchev–Trinajstić information content (AvgIpc) is 2.40. The Hall–Kier alpha value is -7.83. The number of terminal acetylenes is 1. The van der Waals surface area contributed by atoms with E-state index in [1.165, 1.54) is 89.5 Å². The number of aromatic amines is 1. The van der Waals surface area contributed by atoms with Gasteiger partial charge in [-0.25, -0.2) is 24.0 Å². The molecule has 0 unspecified atom stereocenters. The number of rotatable bonds is 17. The summed E-state index contributed by atoms with van der Waals surface area (Å²) >= 11 is 0. The highest BCUT2D eigenvalue weighted by atomic mass is 28.3. The third-order valence-corrected chi connectivity index (χ3v) is 24.6. The number of nitrogens with two attached hydrogens (primary N) is 1. The third kappa shape index (κ3) is 16.1. The Bertz CT molecular complexity index is 3370. The summed E-state index contributed by atoms with van der Waals surface area (Å²) in [5.74, 6) is 6.93. The van der Waals surface area contributed by atoms with Crippen LogP contribution in [0.15, 0.2) is 68.6 Å². The molecule has 0 bridgehead atoms. The first-order chi connectivity index (χ1) is 39.8. The van der Waals surface area contributed by atoms with Crippen molar-refractivity contribution in [3.05, 3.63) is 91.3 Å². The number of nitrogens with one attached hydrogen (secondary N) is 1. The minimum absolute atomic E-state index is 0.0935. The maximum absolute atomic E-state index is 12.9. The maximum atomic E-state index is 12.9. The first-order valence-corrected chi connectivity index (χ1v) is 32.6. The summed E-state index contributed by atoms with van der Waals surface area (Å²) in [6.45, 7) is 16.8. The van der Waals surface area contributed by atoms with Crippen LogP contribution in [0.1, 0.15) is 107 Å². The summed E-state index contributed by atoms with van der Waals surface area (Å²) in [5.41, 5.74) is 5.57. The molecule has 9 atom stereocenters. The minimum Gasteiger partial charge on any atom is -0.462 e. The average molecular weight is 1200 g/mol. The molecule has 4 aromatic heterocycles. The first kappa shape index (κ1) is 67.0. The Morgan fingerprint density at radius 1 is 0.690 bits per heavy atom. The number of hydrogen-bond acceptors (Lipinski definition) is 22. The molecule has 0 spiro atoms. The molecule has 3 aliphatic heterocycles. The standard InChI is InChI=1S/C23H31N5O6Si.C21H30N2O7Si.C11H13N3O4/c1-6-35(7-2,8-3)12-10-23(14-32-17(4)29)19(33-18(5)30)13-21(34-23)27-11-9-20(26-22(27)31)28-16-24-15-25-28;1-6-31(7-2,8-3)12-10-21(14-28-15(4)24)17(29-16(5)25)13-19(30-21)23-11-9-18(26)22-20(23)27;1-2-11(6-15)7(16)5-9(18-11)14-4-3-8(12)13-10(14)17/h9,11,15-16,19,21H,6-8,13-14H2,1-5H3;9,11,17,19H,6-8,13-14H2,1-5H3,(H,22,26,27);1,3-4,7,9,15-16H,5-6H2,(H2,12,13,17)/t19-,21-,23-;17-,19-,21-;7-,9-,11-/m111/s1. The van der Waals surface area contributed by atoms with Gasteiger partial charge in [0.25, 0.3) is 5.56 Å². The molecule has 4 aromatic rings. The quantitative estimate of drug-likeness (QED) is 0.0510. The fourth-order valence-electron chi connectivity index (χ4n) is 9.60. The second kappa shape index (κ2) is 29.1. The van der Waals surface area contributed by atoms with Crippen molar-refractivity contribution in [2.75, 3.05) is 25.6 Å². The number of nitrogens with zero attached hydrogens (tertiary/aromatic N) is 8. The van der Waals surface area contributed by atoms with E-state index in [2.05, 4.69) is 95.4 Å². The van der Waals surface area contributed by atoms with Gasteiger partial charge in [0.2, 0.25) is 11.2 Å². The molecule has 3 saturated heterocycles. The van der Waals surface area contributed by atoms with E-state index < -0.39 is 123 Å². The lowest BCUT2D eigenvalue weighted by molar-refractivity contribution is -0.165. The number of aromatic nitrogens is 9. The number of H-pyrrole nitrogens is 1. The van der Waals surface area contributed by atoms with Gasteiger partial charge < -0.3 is 49.1 Å². The van der Waals surface area contributed by atoms with Crippen molar-refractivity contribution in [2.24, 2.45) is 0 Å². The van der Waals surface area contributed by atoms with Crippen LogP contribution in [-0.2, 0) is 52.3 Å². The van der Waals surface area contributed by atoms with E-state index in [0.717, 1.165) is 36.3 Å². The molecule has 3 fully saturated rings. The van der Waals surface area contributed by atoms with Gasteiger partial charge in [-0.15, -0.1) is 17.5 Å². The van der Waals surface area contributed by atoms with Crippen LogP contribution in [0.3, 0.4) is 0 Å². The lowest BCUT2D eigenvalue weighted by atomic mass is 9.98. The van der Waals surface area contributed by atoms with Gasteiger partial charge in [0.05, 0.1) is 6.61 Å². The minimum atomic E-state index is -1.93. The topological polar surface area (TPSA) is 355 Å². The van der Waals surface area contributed by atoms with Crippen LogP contribution < -0.4 is 28.4 Å². The number of nitrogen functional groups attached to an aromatic ring is 1. The first-order valence-electron chi connectivity index (χ1n) is 27.4. The second-order valence-corrected chi connectivity index (χ2v) is 30.1. The lowest BCUT2D eigenvalue weighted by Gasteiger charge is -2.29. The molecule has 29 heteroatoms.